The van der Waals surface area contributed by atoms with Gasteiger partial charge in [-0.05, 0) is 154 Å². The first-order valence-corrected chi connectivity index (χ1v) is 44.2. The van der Waals surface area contributed by atoms with Crippen LogP contribution in [0.15, 0.2) is 97.6 Å². The van der Waals surface area contributed by atoms with E-state index in [1.807, 2.05) is 96.4 Å². The molecular formula is C54H64BCl2IK3N10O6P. The Labute approximate surface area is 571 Å². The molecule has 398 valence electrons. The fourth-order valence-corrected chi connectivity index (χ4v) is 10.4. The minimum atomic E-state index is -3.15. The van der Waals surface area contributed by atoms with E-state index >= 15 is 0 Å². The number of aromatic nitrogens is 10. The van der Waals surface area contributed by atoms with Crippen molar-refractivity contribution in [2.75, 3.05) is 0 Å². The molecule has 7 heterocycles. The molecule has 0 radical (unpaired) electrons. The summed E-state index contributed by atoms with van der Waals surface area (Å²) in [7, 11) is -3.54. The summed E-state index contributed by atoms with van der Waals surface area (Å²) >= 11 is 16.6. The predicted molar refractivity (Wildman–Crippen MR) is 314 cm³/mol. The normalized spacial score (nSPS) is 15.5. The number of pyridine rings is 2. The van der Waals surface area contributed by atoms with Crippen molar-refractivity contribution in [1.29, 1.82) is 0 Å². The number of fused-ring (bicyclic) bond motifs is 2. The Kier molecular flexibility index (Phi) is 30.4. The molecule has 3 aliphatic rings. The fourth-order valence-electron chi connectivity index (χ4n) is 9.18. The number of hydrogen-bond donors (Lipinski definition) is 0. The molecule has 3 fully saturated rings. The molecule has 0 bridgehead atoms. The molecule has 1 unspecified atom stereocenters. The topological polar surface area (TPSA) is 204 Å². The van der Waals surface area contributed by atoms with Crippen molar-refractivity contribution in [2.45, 2.75) is 132 Å². The van der Waals surface area contributed by atoms with E-state index in [2.05, 4.69) is 109 Å². The van der Waals surface area contributed by atoms with Gasteiger partial charge in [0.05, 0.1) is 40.3 Å². The first kappa shape index (κ1) is 70.5. The maximum absolute atomic E-state index is 8.87. The molecule has 1 saturated heterocycles. The third kappa shape index (κ3) is 19.8. The quantitative estimate of drug-likeness (QED) is 0.0334. The van der Waals surface area contributed by atoms with E-state index in [1.54, 1.807) is 6.07 Å². The van der Waals surface area contributed by atoms with Crippen LogP contribution in [-0.2, 0) is 31.6 Å². The molecule has 2 saturated carbocycles. The Morgan fingerprint density at radius 3 is 1.63 bits per heavy atom. The molecular weight excluding hydrogens is 1240 g/mol. The van der Waals surface area contributed by atoms with E-state index in [-0.39, 0.29) is 84.6 Å². The van der Waals surface area contributed by atoms with Gasteiger partial charge in [-0.3, -0.25) is 14.3 Å². The predicted octanol–water partition coefficient (Wildman–Crippen LogP) is 8.15. The summed E-state index contributed by atoms with van der Waals surface area (Å²) in [4.78, 5) is 18.2. The van der Waals surface area contributed by atoms with E-state index in [0.717, 1.165) is 89.7 Å². The van der Waals surface area contributed by atoms with E-state index in [9.17, 15) is 0 Å². The minimum absolute atomic E-state index is 0. The maximum atomic E-state index is 8.87. The summed E-state index contributed by atoms with van der Waals surface area (Å²) in [5.41, 5.74) is 10.3. The summed E-state index contributed by atoms with van der Waals surface area (Å²) < 4.78 is 28.6. The van der Waals surface area contributed by atoms with E-state index in [0.29, 0.717) is 10.3 Å². The number of halogens is 3. The van der Waals surface area contributed by atoms with Crippen molar-refractivity contribution in [1.82, 2.24) is 49.9 Å². The number of hydrogen-bond acceptors (Lipinski definition) is 14. The molecule has 2 aliphatic carbocycles. The van der Waals surface area contributed by atoms with Crippen LogP contribution in [0.3, 0.4) is 0 Å². The van der Waals surface area contributed by atoms with E-state index in [4.69, 9.17) is 52.2 Å². The van der Waals surface area contributed by atoms with Crippen LogP contribution in [0, 0.1) is 29.4 Å². The third-order valence-electron chi connectivity index (χ3n) is 13.8. The van der Waals surface area contributed by atoms with Gasteiger partial charge in [0, 0.05) is 75.5 Å². The second-order valence-electron chi connectivity index (χ2n) is 19.7. The molecule has 78 heavy (non-hydrogen) atoms. The number of aryl methyl sites for hydroxylation is 2. The Bertz CT molecular complexity index is 3210. The standard InChI is InChI=1S/C23H22ClN5.C15H18IN3.C14H16BClN2O2.2CH4.3K.HO4P/c1-15-6-9-20(19-12-25-29(14-19)13-16-4-2-3-5-16)23(26-15)18-8-7-17-11-22(24)28-27-21(17)10-18;1-11-6-7-14(15(16)18-11)13-8-17-19(10-13)9-12-4-2-3-5-12;1-13(2)14(3,4)20-15(19-13)10-6-5-9-7-12(16)18-17-11(9)8-10;;;;;;1-4-5(2)3/h6-12,14,16H,2-5,13H2,1H3;6-8,10,12H,2-5,9H2,1H3;5-8H,1-4H3;2*1H4;;;;1H/q;;;;;;;+1;/p-1. The molecule has 8 aromatic rings. The zero-order chi connectivity index (χ0) is 53.9. The zero-order valence-corrected chi connectivity index (χ0v) is 58.5. The van der Waals surface area contributed by atoms with Gasteiger partial charge >= 0.3 is 130 Å². The van der Waals surface area contributed by atoms with Gasteiger partial charge < -0.3 is 19.5 Å². The summed E-state index contributed by atoms with van der Waals surface area (Å²) in [5.74, 6) is 1.58. The second kappa shape index (κ2) is 33.6. The van der Waals surface area contributed by atoms with Gasteiger partial charge in [0.15, 0.2) is 10.3 Å². The van der Waals surface area contributed by atoms with Crippen molar-refractivity contribution in [3.05, 3.63) is 123 Å². The molecule has 0 amide bonds. The SMILES string of the molecule is C.C.CC1(C)OB(c2ccc3cc(Cl)nnc3c2)OC1(C)C.Cc1ccc(-c2cnn(CC3CCCC3)c2)c(-c2ccc3cc(Cl)nnc3c2)n1.Cc1ccc(-c2cnn(CC3CCCC3)c2)c(I)n1.O=[P+]([O-])O[O-].[K+].[K][K]. The van der Waals surface area contributed by atoms with Crippen molar-refractivity contribution < 1.29 is 80.1 Å². The fraction of sp³-hybridized carbons (Fsp3) is 0.407. The molecule has 1 atom stereocenters. The van der Waals surface area contributed by atoms with Crippen molar-refractivity contribution in [3.63, 3.8) is 0 Å². The van der Waals surface area contributed by atoms with Crippen LogP contribution >= 0.6 is 54.0 Å². The van der Waals surface area contributed by atoms with Gasteiger partial charge in [-0.1, -0.05) is 94.1 Å². The Balaban J connectivity index is 0.000000239. The molecule has 0 N–H and O–H groups in total. The Morgan fingerprint density at radius 1 is 0.692 bits per heavy atom. The van der Waals surface area contributed by atoms with Gasteiger partial charge in [0.1, 0.15) is 3.70 Å². The van der Waals surface area contributed by atoms with Crippen LogP contribution < -0.4 is 67.0 Å². The van der Waals surface area contributed by atoms with Crippen LogP contribution in [0.5, 0.6) is 0 Å². The first-order chi connectivity index (χ1) is 35.9. The molecule has 6 aromatic heterocycles. The monoisotopic (exact) mass is 1300 g/mol. The zero-order valence-electron chi connectivity index (χ0n) is 44.5. The summed E-state index contributed by atoms with van der Waals surface area (Å²) in [6, 6.07) is 24.0. The number of benzene rings is 2. The van der Waals surface area contributed by atoms with Crippen molar-refractivity contribution >= 4 is 152 Å². The van der Waals surface area contributed by atoms with Gasteiger partial charge in [0.25, 0.3) is 0 Å². The Hall–Kier alpha value is 0.0240. The van der Waals surface area contributed by atoms with Crippen LogP contribution in [0.25, 0.3) is 55.3 Å². The van der Waals surface area contributed by atoms with Gasteiger partial charge in [0.2, 0.25) is 0 Å². The molecule has 1 aliphatic heterocycles. The molecule has 16 nitrogen and oxygen atoms in total. The van der Waals surface area contributed by atoms with Crippen LogP contribution in [0.4, 0.5) is 0 Å². The van der Waals surface area contributed by atoms with Gasteiger partial charge in [-0.15, -0.1) is 20.4 Å². The van der Waals surface area contributed by atoms with Crippen molar-refractivity contribution in [3.8, 4) is 33.5 Å². The number of rotatable bonds is 9. The summed E-state index contributed by atoms with van der Waals surface area (Å²) in [6.07, 6.45) is 19.0. The summed E-state index contributed by atoms with van der Waals surface area (Å²) in [5, 5.41) is 36.5. The molecule has 24 heteroatoms. The van der Waals surface area contributed by atoms with Crippen LogP contribution in [0.2, 0.25) is 10.3 Å². The molecule has 0 spiro atoms. The second-order valence-corrected chi connectivity index (χ2v) is 22.0. The Morgan fingerprint density at radius 2 is 1.14 bits per heavy atom. The average molecular weight is 1310 g/mol. The van der Waals surface area contributed by atoms with Crippen LogP contribution in [-0.4, -0.2) is 131 Å². The number of nitrogens with zero attached hydrogens (tertiary/aromatic N) is 10. The molecule has 11 rings (SSSR count). The van der Waals surface area contributed by atoms with E-state index in [1.165, 1.54) is 126 Å². The van der Waals surface area contributed by atoms with Crippen LogP contribution in [0.1, 0.15) is 105 Å². The van der Waals surface area contributed by atoms with Gasteiger partial charge in [-0.2, -0.15) is 10.2 Å². The summed E-state index contributed by atoms with van der Waals surface area (Å²) in [6.45, 7) is 14.2. The van der Waals surface area contributed by atoms with Gasteiger partial charge in [-0.25, -0.2) is 9.66 Å². The van der Waals surface area contributed by atoms with Crippen molar-refractivity contribution in [2.24, 2.45) is 11.8 Å². The first-order valence-electron chi connectivity index (χ1n) is 25.3. The average Bonchev–Trinajstić information content (AvgIpc) is 4.31. The van der Waals surface area contributed by atoms with E-state index < -0.39 is 8.25 Å². The molecule has 2 aromatic carbocycles. The third-order valence-corrected chi connectivity index (χ3v) is 15.1.